The molecule has 8 nitrogen and oxygen atoms in total. The van der Waals surface area contributed by atoms with Gasteiger partial charge in [0.15, 0.2) is 11.6 Å². The van der Waals surface area contributed by atoms with Gasteiger partial charge in [0.1, 0.15) is 12.4 Å². The molecule has 9 heteroatoms. The molecule has 0 bridgehead atoms. The Labute approximate surface area is 232 Å². The minimum absolute atomic E-state index is 0.238. The lowest BCUT2D eigenvalue weighted by molar-refractivity contribution is -0.137. The molecule has 40 heavy (non-hydrogen) atoms. The van der Waals surface area contributed by atoms with Crippen molar-refractivity contribution in [1.82, 2.24) is 4.90 Å². The first-order valence-electron chi connectivity index (χ1n) is 13.5. The summed E-state index contributed by atoms with van der Waals surface area (Å²) in [7, 11) is 1.15. The smallest absolute Gasteiger partial charge is 0.423 e. The molecule has 1 N–H and O–H groups in total. The number of ether oxygens (including phenoxy) is 3. The third-order valence-electron chi connectivity index (χ3n) is 8.05. The number of methoxy groups -OCH3 is 1. The first-order chi connectivity index (χ1) is 19.3. The lowest BCUT2D eigenvalue weighted by Gasteiger charge is -2.31. The lowest BCUT2D eigenvalue weighted by atomic mass is 9.69. The van der Waals surface area contributed by atoms with Gasteiger partial charge >= 0.3 is 6.09 Å². The van der Waals surface area contributed by atoms with Gasteiger partial charge in [-0.25, -0.2) is 9.18 Å². The number of allylic oxidation sites excluding steroid dienone is 1. The van der Waals surface area contributed by atoms with E-state index >= 15 is 0 Å². The van der Waals surface area contributed by atoms with E-state index in [1.807, 2.05) is 43.3 Å². The number of amides is 3. The molecule has 3 amide bonds. The largest absolute Gasteiger partial charge is 0.505 e. The SMILES string of the molecule is CC/C(=C\c1ccc(O)c(F)c1)CC[C@H]1OC[C@H]2C1=C(COc1ccccc1)C[C@H]1C(=O)N(C(=O)OC)C(=O)[C@H]12. The van der Waals surface area contributed by atoms with Gasteiger partial charge in [-0.2, -0.15) is 4.90 Å². The predicted octanol–water partition coefficient (Wildman–Crippen LogP) is 5.27. The molecule has 2 aliphatic heterocycles. The van der Waals surface area contributed by atoms with Crippen LogP contribution in [0.2, 0.25) is 0 Å². The minimum atomic E-state index is -0.966. The number of aromatic hydroxyl groups is 1. The number of halogens is 1. The quantitative estimate of drug-likeness (QED) is 0.354. The van der Waals surface area contributed by atoms with Gasteiger partial charge in [-0.1, -0.05) is 42.8 Å². The van der Waals surface area contributed by atoms with E-state index in [1.54, 1.807) is 6.07 Å². The molecule has 2 saturated heterocycles. The summed E-state index contributed by atoms with van der Waals surface area (Å²) >= 11 is 0. The highest BCUT2D eigenvalue weighted by atomic mass is 19.1. The number of nitrogens with zero attached hydrogens (tertiary/aromatic N) is 1. The first kappa shape index (κ1) is 27.6. The van der Waals surface area contributed by atoms with Crippen LogP contribution in [-0.4, -0.2) is 54.3 Å². The van der Waals surface area contributed by atoms with Crippen LogP contribution in [0.5, 0.6) is 11.5 Å². The van der Waals surface area contributed by atoms with Crippen molar-refractivity contribution in [3.05, 3.63) is 76.6 Å². The molecule has 2 fully saturated rings. The Kier molecular flexibility index (Phi) is 8.02. The number of benzene rings is 2. The Hall–Kier alpha value is -3.98. The molecule has 0 radical (unpaired) electrons. The second-order valence-corrected chi connectivity index (χ2v) is 10.3. The normalized spacial score (nSPS) is 24.3. The Morgan fingerprint density at radius 1 is 1.15 bits per heavy atom. The zero-order chi connectivity index (χ0) is 28.4. The Morgan fingerprint density at radius 3 is 2.62 bits per heavy atom. The second-order valence-electron chi connectivity index (χ2n) is 10.3. The zero-order valence-corrected chi connectivity index (χ0v) is 22.5. The number of carbonyl (C=O) groups is 3. The molecular weight excluding hydrogens is 517 g/mol. The van der Waals surface area contributed by atoms with Crippen LogP contribution in [-0.2, 0) is 19.1 Å². The molecule has 0 spiro atoms. The van der Waals surface area contributed by atoms with Gasteiger partial charge in [-0.15, -0.1) is 0 Å². The molecule has 4 atom stereocenters. The average molecular weight is 550 g/mol. The van der Waals surface area contributed by atoms with Gasteiger partial charge in [0, 0.05) is 5.92 Å². The lowest BCUT2D eigenvalue weighted by Crippen LogP contribution is -2.38. The monoisotopic (exact) mass is 549 g/mol. The fourth-order valence-corrected chi connectivity index (χ4v) is 6.08. The number of phenols is 1. The van der Waals surface area contributed by atoms with Crippen molar-refractivity contribution in [1.29, 1.82) is 0 Å². The van der Waals surface area contributed by atoms with E-state index in [4.69, 9.17) is 14.2 Å². The number of fused-ring (bicyclic) bond motifs is 3. The number of phenolic OH excluding ortho intramolecular Hbond substituents is 1. The predicted molar refractivity (Wildman–Crippen MR) is 144 cm³/mol. The molecule has 2 aromatic rings. The fourth-order valence-electron chi connectivity index (χ4n) is 6.08. The number of rotatable bonds is 8. The molecule has 210 valence electrons. The maximum absolute atomic E-state index is 13.9. The van der Waals surface area contributed by atoms with Gasteiger partial charge in [0.2, 0.25) is 11.8 Å². The summed E-state index contributed by atoms with van der Waals surface area (Å²) in [6.45, 7) is 2.52. The van der Waals surface area contributed by atoms with Crippen LogP contribution >= 0.6 is 0 Å². The average Bonchev–Trinajstić information content (AvgIpc) is 3.50. The van der Waals surface area contributed by atoms with Crippen LogP contribution in [0.3, 0.4) is 0 Å². The van der Waals surface area contributed by atoms with E-state index in [0.717, 1.165) is 30.2 Å². The summed E-state index contributed by atoms with van der Waals surface area (Å²) in [6.07, 6.45) is 2.99. The van der Waals surface area contributed by atoms with Crippen LogP contribution in [0.4, 0.5) is 9.18 Å². The topological polar surface area (TPSA) is 102 Å². The molecule has 5 rings (SSSR count). The van der Waals surface area contributed by atoms with Gasteiger partial charge < -0.3 is 19.3 Å². The van der Waals surface area contributed by atoms with Gasteiger partial charge in [-0.3, -0.25) is 9.59 Å². The van der Waals surface area contributed by atoms with Crippen molar-refractivity contribution in [2.24, 2.45) is 17.8 Å². The van der Waals surface area contributed by atoms with E-state index in [9.17, 15) is 23.9 Å². The number of hydrogen-bond acceptors (Lipinski definition) is 7. The maximum Gasteiger partial charge on any atom is 0.423 e. The molecule has 2 heterocycles. The summed E-state index contributed by atoms with van der Waals surface area (Å²) < 4.78 is 30.9. The van der Waals surface area contributed by atoms with Crippen LogP contribution in [0.25, 0.3) is 6.08 Å². The van der Waals surface area contributed by atoms with Crippen LogP contribution in [0, 0.1) is 23.6 Å². The molecule has 0 unspecified atom stereocenters. The summed E-state index contributed by atoms with van der Waals surface area (Å²) in [6, 6.07) is 13.6. The summed E-state index contributed by atoms with van der Waals surface area (Å²) in [5.74, 6) is -3.16. The van der Waals surface area contributed by atoms with Crippen LogP contribution < -0.4 is 4.74 Å². The van der Waals surface area contributed by atoms with Crippen LogP contribution in [0.15, 0.2) is 65.3 Å². The molecule has 1 aliphatic carbocycles. The number of likely N-dealkylation sites (tertiary alicyclic amines) is 1. The third kappa shape index (κ3) is 5.25. The number of para-hydroxylation sites is 1. The number of carbonyl (C=O) groups excluding carboxylic acids is 3. The Morgan fingerprint density at radius 2 is 1.93 bits per heavy atom. The van der Waals surface area contributed by atoms with Crippen LogP contribution in [0.1, 0.15) is 38.2 Å². The molecule has 3 aliphatic rings. The fraction of sp³-hybridized carbons (Fsp3) is 0.387. The van der Waals surface area contributed by atoms with E-state index in [2.05, 4.69) is 0 Å². The summed E-state index contributed by atoms with van der Waals surface area (Å²) in [5, 5.41) is 9.49. The maximum atomic E-state index is 13.9. The summed E-state index contributed by atoms with van der Waals surface area (Å²) in [5.41, 5.74) is 3.62. The van der Waals surface area contributed by atoms with Crippen molar-refractivity contribution in [3.63, 3.8) is 0 Å². The van der Waals surface area contributed by atoms with E-state index in [-0.39, 0.29) is 31.0 Å². The molecule has 0 aromatic heterocycles. The van der Waals surface area contributed by atoms with E-state index in [1.165, 1.54) is 12.1 Å². The van der Waals surface area contributed by atoms with Crippen molar-refractivity contribution >= 4 is 24.0 Å². The number of imide groups is 3. The number of hydrogen-bond donors (Lipinski definition) is 1. The molecule has 2 aromatic carbocycles. The van der Waals surface area contributed by atoms with Crippen molar-refractivity contribution in [2.45, 2.75) is 38.7 Å². The highest BCUT2D eigenvalue weighted by Crippen LogP contribution is 2.50. The van der Waals surface area contributed by atoms with Crippen molar-refractivity contribution < 1.29 is 38.1 Å². The van der Waals surface area contributed by atoms with E-state index in [0.29, 0.717) is 35.5 Å². The second kappa shape index (κ2) is 11.6. The summed E-state index contributed by atoms with van der Waals surface area (Å²) in [4.78, 5) is 39.4. The molecular formula is C31H32FNO7. The molecule has 0 saturated carbocycles. The van der Waals surface area contributed by atoms with E-state index < -0.39 is 35.6 Å². The zero-order valence-electron chi connectivity index (χ0n) is 22.5. The Bertz CT molecular complexity index is 1370. The van der Waals surface area contributed by atoms with Gasteiger partial charge in [0.05, 0.1) is 31.7 Å². The third-order valence-corrected chi connectivity index (χ3v) is 8.05. The Balaban J connectivity index is 1.41. The van der Waals surface area contributed by atoms with Crippen molar-refractivity contribution in [3.8, 4) is 11.5 Å². The highest BCUT2D eigenvalue weighted by molar-refractivity contribution is 6.16. The standard InChI is InChI=1S/C31H32FNO7/c1-3-18(13-19-9-11-25(34)24(32)14-19)10-12-26-27-20(16-39-21-7-5-4-6-8-21)15-22-28(23(27)17-40-26)30(36)33(29(22)35)31(37)38-2/h4-9,11,13-14,22-23,26,28,34H,3,10,12,15-17H2,1-2H3/b18-13+/t22-,23+,26-,28-/m1/s1. The van der Waals surface area contributed by atoms with Gasteiger partial charge in [-0.05, 0) is 66.7 Å². The minimum Gasteiger partial charge on any atom is -0.505 e. The first-order valence-corrected chi connectivity index (χ1v) is 13.5. The van der Waals surface area contributed by atoms with Gasteiger partial charge in [0.25, 0.3) is 0 Å². The highest BCUT2D eigenvalue weighted by Gasteiger charge is 2.59. The van der Waals surface area contributed by atoms with Crippen molar-refractivity contribution in [2.75, 3.05) is 20.3 Å².